The second-order valence-corrected chi connectivity index (χ2v) is 12.3. The summed E-state index contributed by atoms with van der Waals surface area (Å²) in [5.41, 5.74) is 2.83. The Hall–Kier alpha value is 0.0300. The average molecular weight is 405 g/mol. The molecule has 0 aliphatic heterocycles. The maximum absolute atomic E-state index is 6.56. The van der Waals surface area contributed by atoms with Gasteiger partial charge in [-0.1, -0.05) is 71.4 Å². The molecule has 4 aliphatic rings. The van der Waals surface area contributed by atoms with Gasteiger partial charge in [-0.2, -0.15) is 0 Å². The van der Waals surface area contributed by atoms with Gasteiger partial charge in [0.2, 0.25) is 0 Å². The number of alkyl halides is 1. The molecule has 1 heteroatoms. The number of hydrogen-bond acceptors (Lipinski definition) is 0. The van der Waals surface area contributed by atoms with E-state index in [-0.39, 0.29) is 0 Å². The van der Waals surface area contributed by atoms with Gasteiger partial charge >= 0.3 is 0 Å². The van der Waals surface area contributed by atoms with Gasteiger partial charge in [0.1, 0.15) is 0 Å². The summed E-state index contributed by atoms with van der Waals surface area (Å²) >= 11 is 6.56. The topological polar surface area (TPSA) is 0 Å². The number of halogens is 1. The monoisotopic (exact) mass is 404 g/mol. The third kappa shape index (κ3) is 3.52. The highest BCUT2D eigenvalue weighted by molar-refractivity contribution is 6.20. The Bertz CT molecular complexity index is 579. The molecule has 160 valence electrons. The number of unbranched alkanes of at least 4 members (excludes halogenated alkanes) is 3. The largest absolute Gasteiger partial charge is 0.123 e. The molecular weight excluding hydrogens is 360 g/mol. The van der Waals surface area contributed by atoms with E-state index in [0.29, 0.717) is 16.2 Å². The summed E-state index contributed by atoms with van der Waals surface area (Å²) in [6.45, 7) is 10.3. The molecule has 4 rings (SSSR count). The molecule has 3 saturated carbocycles. The van der Waals surface area contributed by atoms with Gasteiger partial charge in [-0.25, -0.2) is 0 Å². The van der Waals surface area contributed by atoms with Gasteiger partial charge in [0, 0.05) is 5.38 Å². The molecule has 3 fully saturated rings. The molecule has 28 heavy (non-hydrogen) atoms. The lowest BCUT2D eigenvalue weighted by Gasteiger charge is -2.58. The standard InChI is InChI=1S/C27H45Cl/c1-5-6-7-8-9-19(2)23-12-13-24-22-11-10-20-18-21(28)14-16-26(20,3)25(22)15-17-27(23,24)4/h10,19,21-25H,5-9,11-18H2,1-4H3/t19-,21+,22+,23-,24+,25+,26+,27-/m1/s1. The van der Waals surface area contributed by atoms with Gasteiger partial charge in [-0.3, -0.25) is 0 Å². The Kier molecular flexibility index (Phi) is 6.29. The summed E-state index contributed by atoms with van der Waals surface area (Å²) in [6.07, 6.45) is 20.9. The molecule has 0 aromatic carbocycles. The van der Waals surface area contributed by atoms with E-state index >= 15 is 0 Å². The smallest absolute Gasteiger partial charge is 0.0373 e. The number of rotatable bonds is 6. The molecule has 0 nitrogen and oxygen atoms in total. The van der Waals surface area contributed by atoms with Gasteiger partial charge < -0.3 is 0 Å². The van der Waals surface area contributed by atoms with Crippen LogP contribution >= 0.6 is 11.6 Å². The summed E-state index contributed by atoms with van der Waals surface area (Å²) in [7, 11) is 0. The summed E-state index contributed by atoms with van der Waals surface area (Å²) in [6, 6.07) is 0. The van der Waals surface area contributed by atoms with Crippen molar-refractivity contribution in [3.63, 3.8) is 0 Å². The Labute approximate surface area is 180 Å². The zero-order valence-electron chi connectivity index (χ0n) is 19.1. The summed E-state index contributed by atoms with van der Waals surface area (Å²) in [5.74, 6) is 4.79. The highest BCUT2D eigenvalue weighted by Crippen LogP contribution is 2.67. The molecule has 0 spiro atoms. The minimum atomic E-state index is 0.397. The minimum absolute atomic E-state index is 0.397. The van der Waals surface area contributed by atoms with Crippen LogP contribution in [0.2, 0.25) is 0 Å². The van der Waals surface area contributed by atoms with Crippen LogP contribution in [0.3, 0.4) is 0 Å². The first-order valence-corrected chi connectivity index (χ1v) is 13.2. The van der Waals surface area contributed by atoms with Gasteiger partial charge in [-0.15, -0.1) is 11.6 Å². The fourth-order valence-electron chi connectivity index (χ4n) is 8.69. The zero-order valence-corrected chi connectivity index (χ0v) is 19.9. The van der Waals surface area contributed by atoms with Crippen LogP contribution in [0.25, 0.3) is 0 Å². The van der Waals surface area contributed by atoms with Crippen molar-refractivity contribution in [1.29, 1.82) is 0 Å². The SMILES string of the molecule is CCCCCC[C@@H](C)[C@H]1CC[C@H]2[C@@H]3CC=C4C[C@@H](Cl)CC[C@]4(C)[C@H]3CC[C@]12C. The van der Waals surface area contributed by atoms with Crippen LogP contribution in [0.1, 0.15) is 111 Å². The van der Waals surface area contributed by atoms with Crippen LogP contribution in [0.4, 0.5) is 0 Å². The van der Waals surface area contributed by atoms with Crippen molar-refractivity contribution in [2.45, 2.75) is 117 Å². The minimum Gasteiger partial charge on any atom is -0.123 e. The Morgan fingerprint density at radius 3 is 2.64 bits per heavy atom. The lowest BCUT2D eigenvalue weighted by Crippen LogP contribution is -2.50. The van der Waals surface area contributed by atoms with E-state index in [4.69, 9.17) is 11.6 Å². The van der Waals surface area contributed by atoms with Gasteiger partial charge in [0.05, 0.1) is 0 Å². The Balaban J connectivity index is 1.47. The van der Waals surface area contributed by atoms with E-state index in [1.54, 1.807) is 5.57 Å². The van der Waals surface area contributed by atoms with E-state index < -0.39 is 0 Å². The van der Waals surface area contributed by atoms with E-state index in [1.807, 2.05) is 0 Å². The van der Waals surface area contributed by atoms with Crippen molar-refractivity contribution >= 4 is 11.6 Å². The van der Waals surface area contributed by atoms with Crippen LogP contribution in [-0.4, -0.2) is 5.38 Å². The van der Waals surface area contributed by atoms with Gasteiger partial charge in [-0.05, 0) is 91.8 Å². The quantitative estimate of drug-likeness (QED) is 0.235. The van der Waals surface area contributed by atoms with Crippen molar-refractivity contribution in [3.05, 3.63) is 11.6 Å². The first kappa shape index (κ1) is 21.3. The van der Waals surface area contributed by atoms with E-state index in [0.717, 1.165) is 29.6 Å². The molecule has 0 bridgehead atoms. The summed E-state index contributed by atoms with van der Waals surface area (Å²) in [5, 5.41) is 0.397. The Morgan fingerprint density at radius 2 is 1.86 bits per heavy atom. The predicted molar refractivity (Wildman–Crippen MR) is 123 cm³/mol. The molecule has 0 aromatic rings. The van der Waals surface area contributed by atoms with Crippen molar-refractivity contribution in [2.24, 2.45) is 40.4 Å². The average Bonchev–Trinajstić information content (AvgIpc) is 3.03. The van der Waals surface area contributed by atoms with Crippen molar-refractivity contribution in [2.75, 3.05) is 0 Å². The fraction of sp³-hybridized carbons (Fsp3) is 0.926. The van der Waals surface area contributed by atoms with Crippen molar-refractivity contribution in [1.82, 2.24) is 0 Å². The van der Waals surface area contributed by atoms with Crippen LogP contribution in [0.15, 0.2) is 11.6 Å². The second kappa shape index (κ2) is 8.28. The molecule has 4 aliphatic carbocycles. The molecule has 0 N–H and O–H groups in total. The molecule has 0 saturated heterocycles. The molecule has 0 amide bonds. The lowest BCUT2D eigenvalue weighted by molar-refractivity contribution is -0.0498. The molecular formula is C27H45Cl. The van der Waals surface area contributed by atoms with Crippen LogP contribution in [0, 0.1) is 40.4 Å². The maximum Gasteiger partial charge on any atom is 0.0373 e. The van der Waals surface area contributed by atoms with Crippen LogP contribution < -0.4 is 0 Å². The highest BCUT2D eigenvalue weighted by atomic mass is 35.5. The zero-order chi connectivity index (χ0) is 19.9. The first-order chi connectivity index (χ1) is 13.4. The number of fused-ring (bicyclic) bond motifs is 5. The van der Waals surface area contributed by atoms with Crippen LogP contribution in [-0.2, 0) is 0 Å². The van der Waals surface area contributed by atoms with Crippen molar-refractivity contribution < 1.29 is 0 Å². The summed E-state index contributed by atoms with van der Waals surface area (Å²) in [4.78, 5) is 0. The molecule has 0 radical (unpaired) electrons. The van der Waals surface area contributed by atoms with Crippen molar-refractivity contribution in [3.8, 4) is 0 Å². The molecule has 0 heterocycles. The molecule has 8 atom stereocenters. The Morgan fingerprint density at radius 1 is 1.04 bits per heavy atom. The third-order valence-corrected chi connectivity index (χ3v) is 10.7. The highest BCUT2D eigenvalue weighted by Gasteiger charge is 2.58. The number of hydrogen-bond donors (Lipinski definition) is 0. The molecule has 0 aromatic heterocycles. The fourth-order valence-corrected chi connectivity index (χ4v) is 8.96. The maximum atomic E-state index is 6.56. The first-order valence-electron chi connectivity index (χ1n) is 12.7. The lowest BCUT2D eigenvalue weighted by atomic mass is 9.47. The van der Waals surface area contributed by atoms with E-state index in [2.05, 4.69) is 33.8 Å². The second-order valence-electron chi connectivity index (χ2n) is 11.7. The third-order valence-electron chi connectivity index (χ3n) is 10.3. The summed E-state index contributed by atoms with van der Waals surface area (Å²) < 4.78 is 0. The van der Waals surface area contributed by atoms with E-state index in [9.17, 15) is 0 Å². The predicted octanol–water partition coefficient (Wildman–Crippen LogP) is 8.78. The van der Waals surface area contributed by atoms with Crippen LogP contribution in [0.5, 0.6) is 0 Å². The van der Waals surface area contributed by atoms with E-state index in [1.165, 1.54) is 83.5 Å². The van der Waals surface area contributed by atoms with Gasteiger partial charge in [0.15, 0.2) is 0 Å². The molecule has 0 unspecified atom stereocenters. The number of allylic oxidation sites excluding steroid dienone is 2. The van der Waals surface area contributed by atoms with Gasteiger partial charge in [0.25, 0.3) is 0 Å². The normalized spacial score (nSPS) is 46.3.